The number of likely N-dealkylation sites (tertiary alicyclic amines) is 1. The van der Waals surface area contributed by atoms with Crippen molar-refractivity contribution in [3.8, 4) is 0 Å². The van der Waals surface area contributed by atoms with Crippen LogP contribution in [0.1, 0.15) is 26.7 Å². The molecule has 1 saturated heterocycles. The Morgan fingerprint density at radius 1 is 1.38 bits per heavy atom. The van der Waals surface area contributed by atoms with Crippen LogP contribution >= 0.6 is 0 Å². The summed E-state index contributed by atoms with van der Waals surface area (Å²) in [5.41, 5.74) is 5.60. The molecule has 94 valence electrons. The van der Waals surface area contributed by atoms with Gasteiger partial charge in [0.2, 0.25) is 5.91 Å². The fourth-order valence-electron chi connectivity index (χ4n) is 2.11. The number of nitrogens with two attached hydrogens (primary N) is 1. The molecule has 1 aliphatic heterocycles. The summed E-state index contributed by atoms with van der Waals surface area (Å²) < 4.78 is 0. The Morgan fingerprint density at radius 2 is 1.94 bits per heavy atom. The minimum atomic E-state index is -0.0212. The lowest BCUT2D eigenvalue weighted by atomic mass is 10.1. The minimum absolute atomic E-state index is 0.0212. The van der Waals surface area contributed by atoms with E-state index in [2.05, 4.69) is 11.8 Å². The zero-order valence-corrected chi connectivity index (χ0v) is 10.8. The molecular weight excluding hydrogens is 202 g/mol. The molecule has 0 bridgehead atoms. The van der Waals surface area contributed by atoms with Gasteiger partial charge < -0.3 is 10.6 Å². The number of nitrogens with zero attached hydrogens (tertiary/aromatic N) is 2. The van der Waals surface area contributed by atoms with Gasteiger partial charge in [-0.05, 0) is 39.3 Å². The maximum atomic E-state index is 12.1. The van der Waals surface area contributed by atoms with Crippen molar-refractivity contribution in [2.24, 2.45) is 11.7 Å². The van der Waals surface area contributed by atoms with Crippen molar-refractivity contribution in [3.05, 3.63) is 0 Å². The van der Waals surface area contributed by atoms with Gasteiger partial charge in [0.25, 0.3) is 0 Å². The first-order valence-electron chi connectivity index (χ1n) is 6.25. The molecule has 0 spiro atoms. The number of hydrogen-bond acceptors (Lipinski definition) is 3. The van der Waals surface area contributed by atoms with Crippen molar-refractivity contribution in [3.63, 3.8) is 0 Å². The van der Waals surface area contributed by atoms with Gasteiger partial charge in [0.1, 0.15) is 0 Å². The van der Waals surface area contributed by atoms with Gasteiger partial charge in [-0.1, -0.05) is 6.92 Å². The number of amides is 1. The number of hydrogen-bond donors (Lipinski definition) is 1. The Bertz CT molecular complexity index is 226. The summed E-state index contributed by atoms with van der Waals surface area (Å²) in [6.45, 7) is 7.53. The normalized spacial score (nSPS) is 20.2. The molecule has 0 radical (unpaired) electrons. The molecule has 1 amide bonds. The second-order valence-corrected chi connectivity index (χ2v) is 4.99. The monoisotopic (exact) mass is 227 g/mol. The summed E-state index contributed by atoms with van der Waals surface area (Å²) in [6, 6.07) is -0.0212. The second-order valence-electron chi connectivity index (χ2n) is 4.99. The predicted octanol–water partition coefficient (Wildman–Crippen LogP) is 0.524. The fourth-order valence-corrected chi connectivity index (χ4v) is 2.11. The van der Waals surface area contributed by atoms with Gasteiger partial charge in [0.05, 0.1) is 6.04 Å². The molecule has 0 aromatic heterocycles. The molecule has 1 heterocycles. The van der Waals surface area contributed by atoms with Gasteiger partial charge in [-0.25, -0.2) is 0 Å². The zero-order valence-electron chi connectivity index (χ0n) is 10.8. The summed E-state index contributed by atoms with van der Waals surface area (Å²) in [4.78, 5) is 16.2. The predicted molar refractivity (Wildman–Crippen MR) is 66.1 cm³/mol. The quantitative estimate of drug-likeness (QED) is 0.745. The van der Waals surface area contributed by atoms with Gasteiger partial charge in [-0.15, -0.1) is 0 Å². The molecule has 2 unspecified atom stereocenters. The van der Waals surface area contributed by atoms with Crippen LogP contribution in [0.4, 0.5) is 0 Å². The third kappa shape index (κ3) is 3.46. The van der Waals surface area contributed by atoms with Crippen molar-refractivity contribution in [1.82, 2.24) is 9.80 Å². The highest BCUT2D eigenvalue weighted by Crippen LogP contribution is 2.12. The minimum Gasteiger partial charge on any atom is -0.341 e. The van der Waals surface area contributed by atoms with Crippen molar-refractivity contribution in [2.45, 2.75) is 32.7 Å². The molecule has 0 aromatic carbocycles. The number of carbonyl (C=O) groups is 1. The maximum Gasteiger partial charge on any atom is 0.239 e. The first kappa shape index (κ1) is 13.5. The summed E-state index contributed by atoms with van der Waals surface area (Å²) >= 11 is 0. The topological polar surface area (TPSA) is 49.6 Å². The van der Waals surface area contributed by atoms with E-state index in [1.807, 2.05) is 18.9 Å². The first-order valence-corrected chi connectivity index (χ1v) is 6.25. The van der Waals surface area contributed by atoms with E-state index in [1.54, 1.807) is 0 Å². The van der Waals surface area contributed by atoms with E-state index in [0.717, 1.165) is 32.5 Å². The Labute approximate surface area is 98.8 Å². The van der Waals surface area contributed by atoms with E-state index in [9.17, 15) is 4.79 Å². The van der Waals surface area contributed by atoms with E-state index in [1.165, 1.54) is 0 Å². The summed E-state index contributed by atoms with van der Waals surface area (Å²) in [7, 11) is 2.00. The molecule has 2 N–H and O–H groups in total. The third-order valence-electron chi connectivity index (χ3n) is 3.44. The lowest BCUT2D eigenvalue weighted by Gasteiger charge is -2.29. The van der Waals surface area contributed by atoms with Crippen LogP contribution < -0.4 is 5.73 Å². The Kier molecular flexibility index (Phi) is 5.22. The molecule has 4 nitrogen and oxygen atoms in total. The van der Waals surface area contributed by atoms with Crippen molar-refractivity contribution in [2.75, 3.05) is 33.2 Å². The van der Waals surface area contributed by atoms with Crippen LogP contribution in [0, 0.1) is 5.92 Å². The summed E-state index contributed by atoms with van der Waals surface area (Å²) in [5, 5.41) is 0. The molecule has 1 rings (SSSR count). The number of carbonyl (C=O) groups excluding carboxylic acids is 1. The van der Waals surface area contributed by atoms with Crippen LogP contribution in [0.3, 0.4) is 0 Å². The Balaban J connectivity index is 2.42. The molecule has 1 fully saturated rings. The van der Waals surface area contributed by atoms with E-state index < -0.39 is 0 Å². The second kappa shape index (κ2) is 6.21. The lowest BCUT2D eigenvalue weighted by molar-refractivity contribution is -0.135. The molecule has 4 heteroatoms. The van der Waals surface area contributed by atoms with Crippen LogP contribution in [0.2, 0.25) is 0 Å². The summed E-state index contributed by atoms with van der Waals surface area (Å²) in [5.74, 6) is 0.711. The van der Waals surface area contributed by atoms with E-state index >= 15 is 0 Å². The molecule has 16 heavy (non-hydrogen) atoms. The molecule has 0 saturated carbocycles. The van der Waals surface area contributed by atoms with Crippen LogP contribution in [-0.4, -0.2) is 55.0 Å². The smallest absolute Gasteiger partial charge is 0.239 e. The standard InChI is InChI=1S/C12H25N3O/c1-10(8-13)9-14(3)11(2)12(16)15-6-4-5-7-15/h10-11H,4-9,13H2,1-3H3. The third-order valence-corrected chi connectivity index (χ3v) is 3.44. The Hall–Kier alpha value is -0.610. The van der Waals surface area contributed by atoms with Gasteiger partial charge in [-0.3, -0.25) is 9.69 Å². The zero-order chi connectivity index (χ0) is 12.1. The highest BCUT2D eigenvalue weighted by molar-refractivity contribution is 5.81. The van der Waals surface area contributed by atoms with Gasteiger partial charge in [0.15, 0.2) is 0 Å². The highest BCUT2D eigenvalue weighted by atomic mass is 16.2. The Morgan fingerprint density at radius 3 is 2.44 bits per heavy atom. The van der Waals surface area contributed by atoms with Crippen LogP contribution in [0.25, 0.3) is 0 Å². The van der Waals surface area contributed by atoms with Gasteiger partial charge in [-0.2, -0.15) is 0 Å². The molecule has 2 atom stereocenters. The lowest BCUT2D eigenvalue weighted by Crippen LogP contribution is -2.46. The number of rotatable bonds is 5. The molecule has 0 aromatic rings. The maximum absolute atomic E-state index is 12.1. The van der Waals surface area contributed by atoms with E-state index in [0.29, 0.717) is 12.5 Å². The fraction of sp³-hybridized carbons (Fsp3) is 0.917. The molecule has 1 aliphatic rings. The van der Waals surface area contributed by atoms with E-state index in [-0.39, 0.29) is 11.9 Å². The number of likely N-dealkylation sites (N-methyl/N-ethyl adjacent to an activating group) is 1. The van der Waals surface area contributed by atoms with Crippen LogP contribution in [-0.2, 0) is 4.79 Å². The van der Waals surface area contributed by atoms with Crippen molar-refractivity contribution >= 4 is 5.91 Å². The van der Waals surface area contributed by atoms with E-state index in [4.69, 9.17) is 5.73 Å². The average molecular weight is 227 g/mol. The van der Waals surface area contributed by atoms with Crippen LogP contribution in [0.15, 0.2) is 0 Å². The molecular formula is C12H25N3O. The van der Waals surface area contributed by atoms with Crippen molar-refractivity contribution < 1.29 is 4.79 Å². The average Bonchev–Trinajstić information content (AvgIpc) is 2.80. The van der Waals surface area contributed by atoms with Crippen molar-refractivity contribution in [1.29, 1.82) is 0 Å². The largest absolute Gasteiger partial charge is 0.341 e. The molecule has 0 aliphatic carbocycles. The van der Waals surface area contributed by atoms with Gasteiger partial charge in [0, 0.05) is 19.6 Å². The highest BCUT2D eigenvalue weighted by Gasteiger charge is 2.26. The van der Waals surface area contributed by atoms with Gasteiger partial charge >= 0.3 is 0 Å². The SMILES string of the molecule is CC(CN)CN(C)C(C)C(=O)N1CCCC1. The van der Waals surface area contributed by atoms with Crippen LogP contribution in [0.5, 0.6) is 0 Å². The summed E-state index contributed by atoms with van der Waals surface area (Å²) in [6.07, 6.45) is 2.31. The first-order chi connectivity index (χ1) is 7.56.